The third-order valence-electron chi connectivity index (χ3n) is 4.20. The molecule has 5 nitrogen and oxygen atoms in total. The maximum absolute atomic E-state index is 12.9. The van der Waals surface area contributed by atoms with Crippen LogP contribution in [0.25, 0.3) is 0 Å². The first-order valence-corrected chi connectivity index (χ1v) is 11.5. The van der Waals surface area contributed by atoms with Gasteiger partial charge in [0.2, 0.25) is 0 Å². The predicted octanol–water partition coefficient (Wildman–Crippen LogP) is 3.91. The summed E-state index contributed by atoms with van der Waals surface area (Å²) in [6.07, 6.45) is 1.06. The van der Waals surface area contributed by atoms with Crippen molar-refractivity contribution in [2.45, 2.75) is 50.3 Å². The monoisotopic (exact) mass is 396 g/mol. The van der Waals surface area contributed by atoms with E-state index in [1.54, 1.807) is 19.9 Å². The summed E-state index contributed by atoms with van der Waals surface area (Å²) in [4.78, 5) is -0.139. The Hall–Kier alpha value is -1.86. The second kappa shape index (κ2) is 7.04. The average molecular weight is 397 g/mol. The van der Waals surface area contributed by atoms with Crippen molar-refractivity contribution in [2.24, 2.45) is 0 Å². The minimum Gasteiger partial charge on any atom is -0.379 e. The Labute approximate surface area is 156 Å². The summed E-state index contributed by atoms with van der Waals surface area (Å²) in [6.45, 7) is 8.90. The highest BCUT2D eigenvalue weighted by molar-refractivity contribution is 7.91. The van der Waals surface area contributed by atoms with Crippen LogP contribution in [-0.2, 0) is 20.0 Å². The quantitative estimate of drug-likeness (QED) is 0.716. The molecule has 0 heterocycles. The largest absolute Gasteiger partial charge is 0.379 e. The Bertz CT molecular complexity index is 1050. The van der Waals surface area contributed by atoms with Crippen molar-refractivity contribution in [2.75, 3.05) is 6.26 Å². The third-order valence-corrected chi connectivity index (χ3v) is 6.79. The highest BCUT2D eigenvalue weighted by atomic mass is 32.2. The molecule has 0 amide bonds. The lowest BCUT2D eigenvalue weighted by Crippen LogP contribution is -2.14. The lowest BCUT2D eigenvalue weighted by atomic mass is 10.0. The fourth-order valence-electron chi connectivity index (χ4n) is 2.67. The van der Waals surface area contributed by atoms with Crippen LogP contribution in [-0.4, -0.2) is 23.1 Å². The molecule has 0 bridgehead atoms. The molecule has 142 valence electrons. The summed E-state index contributed by atoms with van der Waals surface area (Å²) in [5, 5.41) is 0. The number of aryl methyl sites for hydroxylation is 2. The molecule has 7 heteroatoms. The van der Waals surface area contributed by atoms with Gasteiger partial charge in [0.25, 0.3) is 0 Å². The standard InChI is InChI=1S/C19H24O5S2/c1-12(2)16-8-7-14(4)17(11-16)24-26(22,23)19-10-13(3)9-18(15(19)5)25(6,20)21/h7-12H,1-6H3. The third kappa shape index (κ3) is 4.27. The van der Waals surface area contributed by atoms with E-state index < -0.39 is 20.0 Å². The van der Waals surface area contributed by atoms with Gasteiger partial charge in [-0.2, -0.15) is 8.42 Å². The maximum Gasteiger partial charge on any atom is 0.339 e. The molecule has 0 saturated heterocycles. The van der Waals surface area contributed by atoms with Gasteiger partial charge in [0.15, 0.2) is 9.84 Å². The Balaban J connectivity index is 2.60. The summed E-state index contributed by atoms with van der Waals surface area (Å²) in [7, 11) is -7.74. The van der Waals surface area contributed by atoms with Crippen molar-refractivity contribution in [1.82, 2.24) is 0 Å². The summed E-state index contributed by atoms with van der Waals surface area (Å²) in [5.41, 5.74) is 2.34. The van der Waals surface area contributed by atoms with Gasteiger partial charge in [0.05, 0.1) is 4.90 Å². The van der Waals surface area contributed by atoms with E-state index in [1.807, 2.05) is 26.0 Å². The summed E-state index contributed by atoms with van der Waals surface area (Å²) < 4.78 is 55.1. The van der Waals surface area contributed by atoms with Crippen molar-refractivity contribution in [3.8, 4) is 5.75 Å². The van der Waals surface area contributed by atoms with Crippen LogP contribution in [0.5, 0.6) is 5.75 Å². The zero-order valence-electron chi connectivity index (χ0n) is 15.8. The van der Waals surface area contributed by atoms with Crippen molar-refractivity contribution in [1.29, 1.82) is 0 Å². The Morgan fingerprint density at radius 1 is 0.885 bits per heavy atom. The molecule has 2 aromatic rings. The van der Waals surface area contributed by atoms with Crippen LogP contribution < -0.4 is 4.18 Å². The summed E-state index contributed by atoms with van der Waals surface area (Å²) in [5.74, 6) is 0.469. The molecule has 26 heavy (non-hydrogen) atoms. The normalized spacial score (nSPS) is 12.4. The highest BCUT2D eigenvalue weighted by Crippen LogP contribution is 2.30. The van der Waals surface area contributed by atoms with Crippen LogP contribution >= 0.6 is 0 Å². The molecule has 0 aliphatic heterocycles. The number of hydrogen-bond donors (Lipinski definition) is 0. The van der Waals surface area contributed by atoms with Crippen LogP contribution in [0, 0.1) is 20.8 Å². The van der Waals surface area contributed by atoms with Gasteiger partial charge in [-0.05, 0) is 67.1 Å². The van der Waals surface area contributed by atoms with E-state index in [1.165, 1.54) is 19.1 Å². The minimum absolute atomic E-state index is 0.00710. The van der Waals surface area contributed by atoms with Gasteiger partial charge in [-0.3, -0.25) is 0 Å². The summed E-state index contributed by atoms with van der Waals surface area (Å²) in [6, 6.07) is 8.35. The molecule has 2 aromatic carbocycles. The first kappa shape index (κ1) is 20.5. The lowest BCUT2D eigenvalue weighted by Gasteiger charge is -2.15. The second-order valence-electron chi connectivity index (χ2n) is 6.88. The fourth-order valence-corrected chi connectivity index (χ4v) is 5.12. The van der Waals surface area contributed by atoms with Crippen molar-refractivity contribution in [3.05, 3.63) is 52.6 Å². The summed E-state index contributed by atoms with van der Waals surface area (Å²) >= 11 is 0. The SMILES string of the molecule is Cc1cc(S(C)(=O)=O)c(C)c(S(=O)(=O)Oc2cc(C(C)C)ccc2C)c1. The molecule has 0 aliphatic carbocycles. The van der Waals surface area contributed by atoms with Crippen LogP contribution in [0.1, 0.15) is 42.0 Å². The zero-order chi connectivity index (χ0) is 19.9. The van der Waals surface area contributed by atoms with E-state index in [0.717, 1.165) is 11.8 Å². The van der Waals surface area contributed by atoms with E-state index in [0.29, 0.717) is 11.1 Å². The topological polar surface area (TPSA) is 77.5 Å². The van der Waals surface area contributed by atoms with Crippen LogP contribution in [0.4, 0.5) is 0 Å². The fraction of sp³-hybridized carbons (Fsp3) is 0.368. The average Bonchev–Trinajstić information content (AvgIpc) is 2.49. The number of rotatable bonds is 5. The molecule has 0 atom stereocenters. The van der Waals surface area contributed by atoms with Crippen molar-refractivity contribution < 1.29 is 21.0 Å². The minimum atomic E-state index is -4.18. The number of sulfone groups is 1. The first-order chi connectivity index (χ1) is 11.8. The van der Waals surface area contributed by atoms with Crippen LogP contribution in [0.15, 0.2) is 40.1 Å². The Kier molecular flexibility index (Phi) is 5.54. The number of hydrogen-bond acceptors (Lipinski definition) is 5. The van der Waals surface area contributed by atoms with E-state index in [9.17, 15) is 16.8 Å². The van der Waals surface area contributed by atoms with Gasteiger partial charge in [0, 0.05) is 6.26 Å². The van der Waals surface area contributed by atoms with Crippen LogP contribution in [0.3, 0.4) is 0 Å². The molecule has 0 fully saturated rings. The highest BCUT2D eigenvalue weighted by Gasteiger charge is 2.25. The smallest absolute Gasteiger partial charge is 0.339 e. The lowest BCUT2D eigenvalue weighted by molar-refractivity contribution is 0.482. The zero-order valence-corrected chi connectivity index (χ0v) is 17.5. The maximum atomic E-state index is 12.9. The van der Waals surface area contributed by atoms with Gasteiger partial charge >= 0.3 is 10.1 Å². The van der Waals surface area contributed by atoms with Crippen molar-refractivity contribution in [3.63, 3.8) is 0 Å². The Morgan fingerprint density at radius 3 is 2.00 bits per heavy atom. The molecule has 0 radical (unpaired) electrons. The van der Waals surface area contributed by atoms with Gasteiger partial charge < -0.3 is 4.18 Å². The molecule has 0 spiro atoms. The predicted molar refractivity (Wildman–Crippen MR) is 102 cm³/mol. The van der Waals surface area contributed by atoms with Crippen molar-refractivity contribution >= 4 is 20.0 Å². The van der Waals surface area contributed by atoms with Gasteiger partial charge in [-0.15, -0.1) is 0 Å². The molecule has 0 N–H and O–H groups in total. The second-order valence-corrected chi connectivity index (χ2v) is 10.4. The van der Waals surface area contributed by atoms with Gasteiger partial charge in [-0.1, -0.05) is 26.0 Å². The van der Waals surface area contributed by atoms with Gasteiger partial charge in [-0.25, -0.2) is 8.42 Å². The van der Waals surface area contributed by atoms with Gasteiger partial charge in [0.1, 0.15) is 10.6 Å². The number of benzene rings is 2. The molecule has 0 aromatic heterocycles. The molecular formula is C19H24O5S2. The Morgan fingerprint density at radius 2 is 1.46 bits per heavy atom. The van der Waals surface area contributed by atoms with E-state index in [4.69, 9.17) is 4.18 Å². The van der Waals surface area contributed by atoms with Crippen LogP contribution in [0.2, 0.25) is 0 Å². The van der Waals surface area contributed by atoms with E-state index >= 15 is 0 Å². The molecular weight excluding hydrogens is 372 g/mol. The molecule has 2 rings (SSSR count). The van der Waals surface area contributed by atoms with E-state index in [-0.39, 0.29) is 27.0 Å². The molecule has 0 aliphatic rings. The first-order valence-electron chi connectivity index (χ1n) is 8.19. The molecule has 0 saturated carbocycles. The van der Waals surface area contributed by atoms with E-state index in [2.05, 4.69) is 0 Å². The molecule has 0 unspecified atom stereocenters.